The molecule has 0 unspecified atom stereocenters. The first-order valence-electron chi connectivity index (χ1n) is 3.54. The van der Waals surface area contributed by atoms with Crippen molar-refractivity contribution < 1.29 is 5.11 Å². The second kappa shape index (κ2) is 4.55. The van der Waals surface area contributed by atoms with Crippen LogP contribution < -0.4 is 5.32 Å². The van der Waals surface area contributed by atoms with Gasteiger partial charge in [0, 0.05) is 11.6 Å². The molecule has 0 spiro atoms. The third-order valence-electron chi connectivity index (χ3n) is 1.36. The molecular formula is C8H9Cl2NO. The quantitative estimate of drug-likeness (QED) is 0.795. The number of anilines is 1. The predicted molar refractivity (Wildman–Crippen MR) is 52.0 cm³/mol. The highest BCUT2D eigenvalue weighted by Crippen LogP contribution is 2.24. The van der Waals surface area contributed by atoms with E-state index in [1.165, 1.54) is 0 Å². The summed E-state index contributed by atoms with van der Waals surface area (Å²) >= 11 is 11.6. The van der Waals surface area contributed by atoms with Crippen LogP contribution in [0.4, 0.5) is 5.69 Å². The number of aliphatic hydroxyl groups is 1. The number of hydrogen-bond acceptors (Lipinski definition) is 2. The molecule has 0 amide bonds. The van der Waals surface area contributed by atoms with Crippen LogP contribution in [0, 0.1) is 0 Å². The first kappa shape index (κ1) is 9.65. The Morgan fingerprint density at radius 2 is 2.08 bits per heavy atom. The van der Waals surface area contributed by atoms with Gasteiger partial charge < -0.3 is 10.4 Å². The lowest BCUT2D eigenvalue weighted by Gasteiger charge is -2.06. The number of aliphatic hydroxyl groups excluding tert-OH is 1. The van der Waals surface area contributed by atoms with E-state index >= 15 is 0 Å². The van der Waals surface area contributed by atoms with Crippen LogP contribution in [0.5, 0.6) is 0 Å². The summed E-state index contributed by atoms with van der Waals surface area (Å²) in [4.78, 5) is 0. The maximum absolute atomic E-state index is 8.55. The molecule has 1 aromatic rings. The second-order valence-electron chi connectivity index (χ2n) is 2.27. The van der Waals surface area contributed by atoms with Gasteiger partial charge in [-0.15, -0.1) is 0 Å². The standard InChI is InChI=1S/C8H9Cl2NO/c9-6-1-2-7(10)8(5-6)11-3-4-12/h1-2,5,11-12H,3-4H2. The zero-order valence-corrected chi connectivity index (χ0v) is 7.86. The van der Waals surface area contributed by atoms with Gasteiger partial charge in [-0.1, -0.05) is 23.2 Å². The first-order chi connectivity index (χ1) is 5.74. The van der Waals surface area contributed by atoms with E-state index in [1.807, 2.05) is 0 Å². The van der Waals surface area contributed by atoms with Crippen LogP contribution in [-0.2, 0) is 0 Å². The highest BCUT2D eigenvalue weighted by Gasteiger charge is 1.98. The van der Waals surface area contributed by atoms with E-state index in [2.05, 4.69) is 5.32 Å². The lowest BCUT2D eigenvalue weighted by molar-refractivity contribution is 0.311. The Bertz CT molecular complexity index is 265. The number of rotatable bonds is 3. The zero-order valence-electron chi connectivity index (χ0n) is 6.35. The van der Waals surface area contributed by atoms with E-state index in [0.717, 1.165) is 5.69 Å². The summed E-state index contributed by atoms with van der Waals surface area (Å²) < 4.78 is 0. The molecule has 0 saturated heterocycles. The molecule has 0 aliphatic heterocycles. The summed E-state index contributed by atoms with van der Waals surface area (Å²) in [6, 6.07) is 5.15. The molecule has 0 saturated carbocycles. The van der Waals surface area contributed by atoms with Crippen LogP contribution in [-0.4, -0.2) is 18.3 Å². The van der Waals surface area contributed by atoms with E-state index in [4.69, 9.17) is 28.3 Å². The average Bonchev–Trinajstić information content (AvgIpc) is 2.07. The molecule has 0 aliphatic rings. The molecule has 1 aromatic carbocycles. The lowest BCUT2D eigenvalue weighted by atomic mass is 10.3. The minimum absolute atomic E-state index is 0.0723. The summed E-state index contributed by atoms with van der Waals surface area (Å²) in [6.07, 6.45) is 0. The van der Waals surface area contributed by atoms with Crippen molar-refractivity contribution in [2.24, 2.45) is 0 Å². The normalized spacial score (nSPS) is 9.92. The molecule has 0 aromatic heterocycles. The largest absolute Gasteiger partial charge is 0.395 e. The fraction of sp³-hybridized carbons (Fsp3) is 0.250. The Morgan fingerprint density at radius 1 is 1.33 bits per heavy atom. The van der Waals surface area contributed by atoms with Crippen molar-refractivity contribution in [1.29, 1.82) is 0 Å². The van der Waals surface area contributed by atoms with Crippen molar-refractivity contribution in [2.75, 3.05) is 18.5 Å². The van der Waals surface area contributed by atoms with Gasteiger partial charge in [-0.2, -0.15) is 0 Å². The van der Waals surface area contributed by atoms with Crippen LogP contribution in [0.3, 0.4) is 0 Å². The molecule has 0 radical (unpaired) electrons. The van der Waals surface area contributed by atoms with E-state index in [-0.39, 0.29) is 6.61 Å². The van der Waals surface area contributed by atoms with Crippen LogP contribution in [0.15, 0.2) is 18.2 Å². The Hall–Kier alpha value is -0.440. The fourth-order valence-corrected chi connectivity index (χ4v) is 1.18. The second-order valence-corrected chi connectivity index (χ2v) is 3.12. The Labute approximate surface area is 81.1 Å². The highest BCUT2D eigenvalue weighted by atomic mass is 35.5. The van der Waals surface area contributed by atoms with Gasteiger partial charge >= 0.3 is 0 Å². The van der Waals surface area contributed by atoms with E-state index in [1.54, 1.807) is 18.2 Å². The molecule has 2 nitrogen and oxygen atoms in total. The molecule has 12 heavy (non-hydrogen) atoms. The summed E-state index contributed by atoms with van der Waals surface area (Å²) in [5.41, 5.74) is 0.748. The summed E-state index contributed by atoms with van der Waals surface area (Å²) in [5, 5.41) is 12.7. The van der Waals surface area contributed by atoms with Crippen LogP contribution >= 0.6 is 23.2 Å². The third kappa shape index (κ3) is 2.55. The first-order valence-corrected chi connectivity index (χ1v) is 4.29. The molecule has 0 atom stereocenters. The van der Waals surface area contributed by atoms with E-state index < -0.39 is 0 Å². The van der Waals surface area contributed by atoms with Crippen molar-refractivity contribution in [3.63, 3.8) is 0 Å². The average molecular weight is 206 g/mol. The van der Waals surface area contributed by atoms with Crippen LogP contribution in [0.1, 0.15) is 0 Å². The van der Waals surface area contributed by atoms with Crippen molar-refractivity contribution in [3.8, 4) is 0 Å². The van der Waals surface area contributed by atoms with Gasteiger partial charge in [0.15, 0.2) is 0 Å². The van der Waals surface area contributed by atoms with E-state index in [9.17, 15) is 0 Å². The van der Waals surface area contributed by atoms with Crippen molar-refractivity contribution >= 4 is 28.9 Å². The zero-order chi connectivity index (χ0) is 8.97. The van der Waals surface area contributed by atoms with E-state index in [0.29, 0.717) is 16.6 Å². The van der Waals surface area contributed by atoms with Gasteiger partial charge in [0.25, 0.3) is 0 Å². The molecule has 0 heterocycles. The number of hydrogen-bond donors (Lipinski definition) is 2. The molecule has 1 rings (SSSR count). The van der Waals surface area contributed by atoms with Crippen molar-refractivity contribution in [2.45, 2.75) is 0 Å². The Morgan fingerprint density at radius 3 is 2.75 bits per heavy atom. The summed E-state index contributed by atoms with van der Waals surface area (Å²) in [6.45, 7) is 0.545. The monoisotopic (exact) mass is 205 g/mol. The Kier molecular flexibility index (Phi) is 3.66. The predicted octanol–water partition coefficient (Wildman–Crippen LogP) is 2.40. The molecule has 66 valence electrons. The highest BCUT2D eigenvalue weighted by molar-refractivity contribution is 6.35. The van der Waals surface area contributed by atoms with Gasteiger partial charge in [-0.25, -0.2) is 0 Å². The van der Waals surface area contributed by atoms with Gasteiger partial charge in [0.2, 0.25) is 0 Å². The van der Waals surface area contributed by atoms with Crippen LogP contribution in [0.25, 0.3) is 0 Å². The number of halogens is 2. The van der Waals surface area contributed by atoms with Gasteiger partial charge in [-0.05, 0) is 18.2 Å². The minimum atomic E-state index is 0.0723. The molecule has 4 heteroatoms. The molecular weight excluding hydrogens is 197 g/mol. The molecule has 0 fully saturated rings. The van der Waals surface area contributed by atoms with Gasteiger partial charge in [0.05, 0.1) is 17.3 Å². The smallest absolute Gasteiger partial charge is 0.0638 e. The minimum Gasteiger partial charge on any atom is -0.395 e. The molecule has 0 aliphatic carbocycles. The number of nitrogens with one attached hydrogen (secondary N) is 1. The lowest BCUT2D eigenvalue weighted by Crippen LogP contribution is -2.05. The van der Waals surface area contributed by atoms with Crippen LogP contribution in [0.2, 0.25) is 10.0 Å². The topological polar surface area (TPSA) is 32.3 Å². The SMILES string of the molecule is OCCNc1cc(Cl)ccc1Cl. The molecule has 0 bridgehead atoms. The van der Waals surface area contributed by atoms with Crippen molar-refractivity contribution in [1.82, 2.24) is 0 Å². The molecule has 2 N–H and O–H groups in total. The Balaban J connectivity index is 2.75. The van der Waals surface area contributed by atoms with Crippen molar-refractivity contribution in [3.05, 3.63) is 28.2 Å². The summed E-state index contributed by atoms with van der Waals surface area (Å²) in [7, 11) is 0. The number of benzene rings is 1. The maximum Gasteiger partial charge on any atom is 0.0638 e. The third-order valence-corrected chi connectivity index (χ3v) is 1.92. The maximum atomic E-state index is 8.55. The summed E-state index contributed by atoms with van der Waals surface area (Å²) in [5.74, 6) is 0. The van der Waals surface area contributed by atoms with Gasteiger partial charge in [0.1, 0.15) is 0 Å². The van der Waals surface area contributed by atoms with Gasteiger partial charge in [-0.3, -0.25) is 0 Å². The fourth-order valence-electron chi connectivity index (χ4n) is 0.824.